The summed E-state index contributed by atoms with van der Waals surface area (Å²) in [6.07, 6.45) is 3.20. The third-order valence-electron chi connectivity index (χ3n) is 6.42. The molecule has 3 heterocycles. The minimum absolute atomic E-state index is 0.0362. The van der Waals surface area contributed by atoms with Crippen LogP contribution in [-0.4, -0.2) is 30.7 Å². The first kappa shape index (κ1) is 21.3. The van der Waals surface area contributed by atoms with Gasteiger partial charge in [0.15, 0.2) is 10.9 Å². The average molecular weight is 487 g/mol. The Bertz CT molecular complexity index is 1590. The van der Waals surface area contributed by atoms with Crippen molar-refractivity contribution in [3.8, 4) is 5.69 Å². The van der Waals surface area contributed by atoms with Gasteiger partial charge in [0, 0.05) is 10.4 Å². The van der Waals surface area contributed by atoms with Crippen LogP contribution in [-0.2, 0) is 6.42 Å². The van der Waals surface area contributed by atoms with Crippen LogP contribution in [0.4, 0.5) is 0 Å². The van der Waals surface area contributed by atoms with Gasteiger partial charge in [-0.3, -0.25) is 9.59 Å². The number of rotatable bonds is 5. The highest BCUT2D eigenvalue weighted by molar-refractivity contribution is 7.99. The Kier molecular flexibility index (Phi) is 5.34. The molecule has 0 saturated heterocycles. The minimum atomic E-state index is -0.0516. The lowest BCUT2D eigenvalue weighted by Gasteiger charge is -2.18. The Morgan fingerprint density at radius 2 is 1.82 bits per heavy atom. The van der Waals surface area contributed by atoms with Crippen molar-refractivity contribution in [1.82, 2.24) is 19.2 Å². The van der Waals surface area contributed by atoms with Crippen molar-refractivity contribution in [2.75, 3.05) is 5.75 Å². The predicted molar refractivity (Wildman–Crippen MR) is 137 cm³/mol. The molecule has 8 heteroatoms. The van der Waals surface area contributed by atoms with Crippen molar-refractivity contribution >= 4 is 44.9 Å². The van der Waals surface area contributed by atoms with E-state index < -0.39 is 0 Å². The highest BCUT2D eigenvalue weighted by Gasteiger charge is 2.28. The SMILES string of the molecule is C[C@H]1CCCc2sc3c(c21)c(=O)n(-c1ccccc1)c1nnc(SCC(=O)c2ccccc2)n31. The number of benzene rings is 2. The van der Waals surface area contributed by atoms with Crippen LogP contribution in [0.3, 0.4) is 0 Å². The summed E-state index contributed by atoms with van der Waals surface area (Å²) < 4.78 is 3.63. The van der Waals surface area contributed by atoms with Crippen molar-refractivity contribution in [1.29, 1.82) is 0 Å². The number of para-hydroxylation sites is 1. The van der Waals surface area contributed by atoms with Crippen molar-refractivity contribution in [2.24, 2.45) is 0 Å². The quantitative estimate of drug-likeness (QED) is 0.242. The zero-order valence-electron chi connectivity index (χ0n) is 18.6. The fourth-order valence-electron chi connectivity index (χ4n) is 4.79. The first-order valence-corrected chi connectivity index (χ1v) is 13.2. The highest BCUT2D eigenvalue weighted by Crippen LogP contribution is 2.41. The smallest absolute Gasteiger partial charge is 0.268 e. The van der Waals surface area contributed by atoms with Crippen molar-refractivity contribution in [3.63, 3.8) is 0 Å². The van der Waals surface area contributed by atoms with E-state index in [1.165, 1.54) is 22.2 Å². The van der Waals surface area contributed by atoms with Crippen molar-refractivity contribution in [3.05, 3.63) is 87.0 Å². The Balaban J connectivity index is 1.56. The van der Waals surface area contributed by atoms with Crippen LogP contribution in [0.15, 0.2) is 70.6 Å². The largest absolute Gasteiger partial charge is 0.293 e. The van der Waals surface area contributed by atoms with E-state index in [2.05, 4.69) is 17.1 Å². The number of Topliss-reactive ketones (excluding diaryl/α,β-unsaturated/α-hetero) is 1. The summed E-state index contributed by atoms with van der Waals surface area (Å²) in [5.74, 6) is 1.09. The van der Waals surface area contributed by atoms with Gasteiger partial charge in [0.1, 0.15) is 4.83 Å². The number of ketones is 1. The molecule has 6 nitrogen and oxygen atoms in total. The molecule has 0 fully saturated rings. The molecule has 0 bridgehead atoms. The fourth-order valence-corrected chi connectivity index (χ4v) is 7.13. The molecule has 1 aliphatic rings. The molecule has 5 aromatic rings. The van der Waals surface area contributed by atoms with Crippen LogP contribution in [0.1, 0.15) is 46.5 Å². The lowest BCUT2D eigenvalue weighted by atomic mass is 9.88. The Hall–Kier alpha value is -3.23. The van der Waals surface area contributed by atoms with E-state index in [4.69, 9.17) is 0 Å². The number of carbonyl (C=O) groups excluding carboxylic acids is 1. The molecule has 6 rings (SSSR count). The highest BCUT2D eigenvalue weighted by atomic mass is 32.2. The molecule has 0 aliphatic heterocycles. The minimum Gasteiger partial charge on any atom is -0.293 e. The fraction of sp³-hybridized carbons (Fsp3) is 0.231. The lowest BCUT2D eigenvalue weighted by molar-refractivity contribution is 0.102. The Labute approximate surface area is 204 Å². The van der Waals surface area contributed by atoms with Gasteiger partial charge >= 0.3 is 0 Å². The summed E-state index contributed by atoms with van der Waals surface area (Å²) in [6.45, 7) is 2.21. The number of thioether (sulfide) groups is 1. The van der Waals surface area contributed by atoms with E-state index in [1.54, 1.807) is 15.9 Å². The number of nitrogens with zero attached hydrogens (tertiary/aromatic N) is 4. The summed E-state index contributed by atoms with van der Waals surface area (Å²) in [5.41, 5.74) is 2.56. The molecule has 2 aromatic carbocycles. The van der Waals surface area contributed by atoms with Crippen LogP contribution < -0.4 is 5.56 Å². The molecule has 0 radical (unpaired) electrons. The van der Waals surface area contributed by atoms with E-state index >= 15 is 0 Å². The Morgan fingerprint density at radius 3 is 2.59 bits per heavy atom. The molecular formula is C26H22N4O2S2. The summed E-state index contributed by atoms with van der Waals surface area (Å²) in [5, 5.41) is 10.3. The molecule has 0 spiro atoms. The molecule has 0 amide bonds. The number of thiophene rings is 1. The first-order valence-electron chi connectivity index (χ1n) is 11.4. The topological polar surface area (TPSA) is 69.3 Å². The third-order valence-corrected chi connectivity index (χ3v) is 8.60. The van der Waals surface area contributed by atoms with Gasteiger partial charge in [0.25, 0.3) is 5.56 Å². The maximum absolute atomic E-state index is 13.9. The number of aromatic nitrogens is 4. The summed E-state index contributed by atoms with van der Waals surface area (Å²) in [4.78, 5) is 28.8. The van der Waals surface area contributed by atoms with Gasteiger partial charge in [-0.1, -0.05) is 67.2 Å². The number of fused-ring (bicyclic) bond motifs is 5. The summed E-state index contributed by atoms with van der Waals surface area (Å²) in [6, 6.07) is 18.9. The monoisotopic (exact) mass is 486 g/mol. The number of hydrogen-bond acceptors (Lipinski definition) is 6. The predicted octanol–water partition coefficient (Wildman–Crippen LogP) is 5.51. The van der Waals surface area contributed by atoms with Crippen LogP contribution in [0.5, 0.6) is 0 Å². The van der Waals surface area contributed by atoms with E-state index in [0.717, 1.165) is 35.2 Å². The van der Waals surface area contributed by atoms with Gasteiger partial charge in [0.2, 0.25) is 5.78 Å². The molecule has 0 saturated carbocycles. The maximum atomic E-state index is 13.9. The molecule has 34 heavy (non-hydrogen) atoms. The van der Waals surface area contributed by atoms with Gasteiger partial charge in [-0.05, 0) is 42.9 Å². The molecule has 1 atom stereocenters. The van der Waals surface area contributed by atoms with Gasteiger partial charge in [-0.15, -0.1) is 21.5 Å². The molecule has 3 aromatic heterocycles. The molecule has 0 N–H and O–H groups in total. The number of carbonyl (C=O) groups is 1. The van der Waals surface area contributed by atoms with Gasteiger partial charge in [0.05, 0.1) is 16.8 Å². The molecule has 0 unspecified atom stereocenters. The second-order valence-electron chi connectivity index (χ2n) is 8.58. The Morgan fingerprint density at radius 1 is 1.09 bits per heavy atom. The van der Waals surface area contributed by atoms with Crippen LogP contribution in [0.2, 0.25) is 0 Å². The molecular weight excluding hydrogens is 464 g/mol. The number of hydrogen-bond donors (Lipinski definition) is 0. The van der Waals surface area contributed by atoms with Crippen LogP contribution in [0, 0.1) is 0 Å². The van der Waals surface area contributed by atoms with E-state index in [9.17, 15) is 9.59 Å². The molecule has 1 aliphatic carbocycles. The average Bonchev–Trinajstić information content (AvgIpc) is 3.46. The number of aryl methyl sites for hydroxylation is 1. The van der Waals surface area contributed by atoms with Crippen LogP contribution >= 0.6 is 23.1 Å². The first-order chi connectivity index (χ1) is 16.6. The van der Waals surface area contributed by atoms with E-state index in [0.29, 0.717) is 22.4 Å². The van der Waals surface area contributed by atoms with Crippen LogP contribution in [0.25, 0.3) is 21.7 Å². The lowest BCUT2D eigenvalue weighted by Crippen LogP contribution is -2.22. The second-order valence-corrected chi connectivity index (χ2v) is 10.6. The molecule has 170 valence electrons. The standard InChI is InChI=1S/C26H22N4O2S2/c1-16-9-8-14-20-21(16)22-23(32)29(18-12-6-3-7-13-18)25-27-28-26(30(25)24(22)34-20)33-15-19(31)17-10-4-2-5-11-17/h2-7,10-13,16H,8-9,14-15H2,1H3/t16-/m0/s1. The summed E-state index contributed by atoms with van der Waals surface area (Å²) >= 11 is 3.03. The van der Waals surface area contributed by atoms with Gasteiger partial charge in [-0.25, -0.2) is 8.97 Å². The second kappa shape index (κ2) is 8.52. The van der Waals surface area contributed by atoms with Gasteiger partial charge in [-0.2, -0.15) is 0 Å². The zero-order valence-corrected chi connectivity index (χ0v) is 20.2. The van der Waals surface area contributed by atoms with Crippen molar-refractivity contribution in [2.45, 2.75) is 37.3 Å². The van der Waals surface area contributed by atoms with Gasteiger partial charge < -0.3 is 0 Å². The zero-order chi connectivity index (χ0) is 23.2. The van der Waals surface area contributed by atoms with Crippen molar-refractivity contribution < 1.29 is 4.79 Å². The van der Waals surface area contributed by atoms with E-state index in [-0.39, 0.29) is 17.1 Å². The third kappa shape index (κ3) is 3.40. The summed E-state index contributed by atoms with van der Waals surface area (Å²) in [7, 11) is 0. The normalized spacial score (nSPS) is 15.6. The maximum Gasteiger partial charge on any atom is 0.268 e. The van der Waals surface area contributed by atoms with E-state index in [1.807, 2.05) is 65.1 Å².